The van der Waals surface area contributed by atoms with Crippen molar-refractivity contribution in [2.75, 3.05) is 13.1 Å². The number of ketones is 1. The first kappa shape index (κ1) is 12.7. The largest absolute Gasteiger partial charge is 0.334 e. The first-order valence-corrected chi connectivity index (χ1v) is 7.07. The van der Waals surface area contributed by atoms with Gasteiger partial charge in [0.25, 0.3) is 0 Å². The summed E-state index contributed by atoms with van der Waals surface area (Å²) in [5.41, 5.74) is 0.627. The van der Waals surface area contributed by atoms with Gasteiger partial charge in [-0.2, -0.15) is 0 Å². The van der Waals surface area contributed by atoms with E-state index in [1.54, 1.807) is 4.90 Å². The lowest BCUT2D eigenvalue weighted by atomic mass is 9.63. The molecule has 1 saturated carbocycles. The molecule has 2 fully saturated rings. The summed E-state index contributed by atoms with van der Waals surface area (Å²) >= 11 is 5.91. The molecule has 1 aliphatic carbocycles. The summed E-state index contributed by atoms with van der Waals surface area (Å²) in [6, 6.07) is 7.55. The molecule has 100 valence electrons. The van der Waals surface area contributed by atoms with Crippen LogP contribution in [0.3, 0.4) is 0 Å². The van der Waals surface area contributed by atoms with E-state index in [1.807, 2.05) is 24.3 Å². The summed E-state index contributed by atoms with van der Waals surface area (Å²) in [5.74, 6) is 0.283. The summed E-state index contributed by atoms with van der Waals surface area (Å²) in [7, 11) is 0. The molecular weight excluding hydrogens is 262 g/mol. The van der Waals surface area contributed by atoms with Gasteiger partial charge in [-0.15, -0.1) is 0 Å². The number of halogens is 1. The van der Waals surface area contributed by atoms with Gasteiger partial charge < -0.3 is 4.90 Å². The Kier molecular flexibility index (Phi) is 3.09. The summed E-state index contributed by atoms with van der Waals surface area (Å²) in [5, 5.41) is 0.682. The molecule has 19 heavy (non-hydrogen) atoms. The van der Waals surface area contributed by atoms with Crippen molar-refractivity contribution in [2.45, 2.75) is 31.1 Å². The second-order valence-corrected chi connectivity index (χ2v) is 5.89. The third-order valence-electron chi connectivity index (χ3n) is 4.33. The van der Waals surface area contributed by atoms with Crippen LogP contribution in [0.1, 0.15) is 31.2 Å². The molecule has 1 aromatic rings. The minimum atomic E-state index is -0.408. The van der Waals surface area contributed by atoms with E-state index in [4.69, 9.17) is 11.6 Å². The van der Waals surface area contributed by atoms with Gasteiger partial charge in [-0.25, -0.2) is 0 Å². The van der Waals surface area contributed by atoms with Crippen LogP contribution in [-0.4, -0.2) is 29.7 Å². The number of Topliss-reactive ketones (excluding diaryl/α,β-unsaturated/α-hetero) is 1. The molecule has 0 atom stereocenters. The number of hydrogen-bond acceptors (Lipinski definition) is 2. The SMILES string of the molecule is O=C1CCN(C(=O)C2(c3ccc(Cl)cc3)CCC2)C1. The normalized spacial score (nSPS) is 21.3. The first-order chi connectivity index (χ1) is 9.12. The second-order valence-electron chi connectivity index (χ2n) is 5.46. The van der Waals surface area contributed by atoms with Gasteiger partial charge in [0.2, 0.25) is 5.91 Å². The first-order valence-electron chi connectivity index (χ1n) is 6.69. The van der Waals surface area contributed by atoms with E-state index in [2.05, 4.69) is 0 Å². The fourth-order valence-electron chi connectivity index (χ4n) is 3.03. The highest BCUT2D eigenvalue weighted by Crippen LogP contribution is 2.45. The number of amides is 1. The number of carbonyl (C=O) groups excluding carboxylic acids is 2. The van der Waals surface area contributed by atoms with E-state index in [9.17, 15) is 9.59 Å². The zero-order valence-electron chi connectivity index (χ0n) is 10.7. The molecule has 2 aliphatic rings. The van der Waals surface area contributed by atoms with Crippen LogP contribution in [0.15, 0.2) is 24.3 Å². The van der Waals surface area contributed by atoms with Crippen molar-refractivity contribution >= 4 is 23.3 Å². The summed E-state index contributed by atoms with van der Waals surface area (Å²) < 4.78 is 0. The van der Waals surface area contributed by atoms with Crippen LogP contribution in [0.5, 0.6) is 0 Å². The molecule has 1 aromatic carbocycles. The van der Waals surface area contributed by atoms with Gasteiger partial charge in [0.1, 0.15) is 0 Å². The van der Waals surface area contributed by atoms with Crippen molar-refractivity contribution < 1.29 is 9.59 Å². The van der Waals surface area contributed by atoms with Crippen LogP contribution in [0.25, 0.3) is 0 Å². The minimum absolute atomic E-state index is 0.118. The minimum Gasteiger partial charge on any atom is -0.334 e. The third kappa shape index (κ3) is 2.06. The van der Waals surface area contributed by atoms with E-state index in [1.165, 1.54) is 0 Å². The van der Waals surface area contributed by atoms with Gasteiger partial charge in [0.15, 0.2) is 5.78 Å². The Morgan fingerprint density at radius 3 is 2.37 bits per heavy atom. The average Bonchev–Trinajstić information content (AvgIpc) is 2.77. The van der Waals surface area contributed by atoms with E-state index < -0.39 is 5.41 Å². The van der Waals surface area contributed by atoms with Crippen LogP contribution in [0.4, 0.5) is 0 Å². The lowest BCUT2D eigenvalue weighted by molar-refractivity contribution is -0.140. The van der Waals surface area contributed by atoms with Crippen LogP contribution in [0.2, 0.25) is 5.02 Å². The van der Waals surface area contributed by atoms with E-state index in [-0.39, 0.29) is 18.2 Å². The standard InChI is InChI=1S/C15H16ClNO2/c16-12-4-2-11(3-5-12)15(7-1-8-15)14(19)17-9-6-13(18)10-17/h2-5H,1,6-10H2. The molecule has 0 radical (unpaired) electrons. The number of rotatable bonds is 2. The predicted octanol–water partition coefficient (Wildman–Crippen LogP) is 2.56. The summed E-state index contributed by atoms with van der Waals surface area (Å²) in [6.07, 6.45) is 3.31. The van der Waals surface area contributed by atoms with Crippen LogP contribution in [0, 0.1) is 0 Å². The van der Waals surface area contributed by atoms with Gasteiger partial charge in [-0.1, -0.05) is 30.2 Å². The fraction of sp³-hybridized carbons (Fsp3) is 0.467. The molecule has 4 heteroatoms. The van der Waals surface area contributed by atoms with Crippen molar-refractivity contribution in [1.29, 1.82) is 0 Å². The molecule has 1 amide bonds. The van der Waals surface area contributed by atoms with Crippen molar-refractivity contribution in [3.05, 3.63) is 34.9 Å². The molecule has 0 spiro atoms. The number of nitrogens with zero attached hydrogens (tertiary/aromatic N) is 1. The molecule has 1 aliphatic heterocycles. The smallest absolute Gasteiger partial charge is 0.233 e. The van der Waals surface area contributed by atoms with Crippen molar-refractivity contribution in [3.63, 3.8) is 0 Å². The van der Waals surface area contributed by atoms with Gasteiger partial charge in [-0.3, -0.25) is 9.59 Å². The lowest BCUT2D eigenvalue weighted by Crippen LogP contribution is -2.50. The van der Waals surface area contributed by atoms with Gasteiger partial charge in [0.05, 0.1) is 12.0 Å². The zero-order chi connectivity index (χ0) is 13.5. The molecule has 0 aromatic heterocycles. The van der Waals surface area contributed by atoms with Crippen molar-refractivity contribution in [1.82, 2.24) is 4.90 Å². The number of benzene rings is 1. The molecule has 1 saturated heterocycles. The number of likely N-dealkylation sites (tertiary alicyclic amines) is 1. The fourth-order valence-corrected chi connectivity index (χ4v) is 3.16. The highest BCUT2D eigenvalue weighted by Gasteiger charge is 2.48. The lowest BCUT2D eigenvalue weighted by Gasteiger charge is -2.43. The van der Waals surface area contributed by atoms with Crippen LogP contribution in [-0.2, 0) is 15.0 Å². The maximum atomic E-state index is 12.7. The maximum Gasteiger partial charge on any atom is 0.233 e. The molecule has 3 rings (SSSR count). The summed E-state index contributed by atoms with van der Waals surface area (Å²) in [4.78, 5) is 25.8. The third-order valence-corrected chi connectivity index (χ3v) is 4.58. The Hall–Kier alpha value is -1.35. The van der Waals surface area contributed by atoms with Crippen LogP contribution < -0.4 is 0 Å². The molecular formula is C15H16ClNO2. The Bertz CT molecular complexity index is 519. The Morgan fingerprint density at radius 1 is 1.21 bits per heavy atom. The molecule has 0 N–H and O–H groups in total. The Balaban J connectivity index is 1.88. The van der Waals surface area contributed by atoms with E-state index in [0.717, 1.165) is 24.8 Å². The molecule has 0 unspecified atom stereocenters. The van der Waals surface area contributed by atoms with Gasteiger partial charge >= 0.3 is 0 Å². The average molecular weight is 278 g/mol. The highest BCUT2D eigenvalue weighted by atomic mass is 35.5. The van der Waals surface area contributed by atoms with E-state index >= 15 is 0 Å². The Morgan fingerprint density at radius 2 is 1.89 bits per heavy atom. The van der Waals surface area contributed by atoms with Crippen molar-refractivity contribution in [3.8, 4) is 0 Å². The zero-order valence-corrected chi connectivity index (χ0v) is 11.4. The quantitative estimate of drug-likeness (QED) is 0.833. The Labute approximate surface area is 117 Å². The van der Waals surface area contributed by atoms with Crippen LogP contribution >= 0.6 is 11.6 Å². The predicted molar refractivity (Wildman–Crippen MR) is 73.2 cm³/mol. The molecule has 1 heterocycles. The second kappa shape index (κ2) is 4.64. The topological polar surface area (TPSA) is 37.4 Å². The molecule has 0 bridgehead atoms. The highest BCUT2D eigenvalue weighted by molar-refractivity contribution is 6.30. The van der Waals surface area contributed by atoms with E-state index in [0.29, 0.717) is 18.0 Å². The monoisotopic (exact) mass is 277 g/mol. The molecule has 3 nitrogen and oxygen atoms in total. The summed E-state index contributed by atoms with van der Waals surface area (Å²) in [6.45, 7) is 0.862. The number of hydrogen-bond donors (Lipinski definition) is 0. The van der Waals surface area contributed by atoms with Gasteiger partial charge in [-0.05, 0) is 30.5 Å². The number of carbonyl (C=O) groups is 2. The maximum absolute atomic E-state index is 12.7. The van der Waals surface area contributed by atoms with Gasteiger partial charge in [0, 0.05) is 18.0 Å². The van der Waals surface area contributed by atoms with Crippen molar-refractivity contribution in [2.24, 2.45) is 0 Å².